The predicted molar refractivity (Wildman–Crippen MR) is 178 cm³/mol. The molecule has 0 bridgehead atoms. The number of ether oxygens (including phenoxy) is 2. The fourth-order valence-corrected chi connectivity index (χ4v) is 6.16. The molecule has 236 valence electrons. The number of carbonyl (C=O) groups is 2. The molecule has 1 saturated heterocycles. The van der Waals surface area contributed by atoms with Gasteiger partial charge in [-0.2, -0.15) is 0 Å². The van der Waals surface area contributed by atoms with Crippen molar-refractivity contribution in [2.75, 3.05) is 26.3 Å². The second-order valence-corrected chi connectivity index (χ2v) is 12.4. The summed E-state index contributed by atoms with van der Waals surface area (Å²) in [7, 11) is 0. The van der Waals surface area contributed by atoms with Gasteiger partial charge in [0, 0.05) is 30.7 Å². The van der Waals surface area contributed by atoms with Crippen LogP contribution in [0.25, 0.3) is 0 Å². The van der Waals surface area contributed by atoms with E-state index in [1.165, 1.54) is 11.1 Å². The average molecular weight is 661 g/mol. The third kappa shape index (κ3) is 8.60. The van der Waals surface area contributed by atoms with E-state index in [0.29, 0.717) is 46.6 Å². The molecule has 2 aliphatic rings. The maximum Gasteiger partial charge on any atom is 0.251 e. The van der Waals surface area contributed by atoms with E-state index in [-0.39, 0.29) is 55.4 Å². The summed E-state index contributed by atoms with van der Waals surface area (Å²) in [5.74, 6) is 0.642. The van der Waals surface area contributed by atoms with Crippen LogP contribution in [0.5, 0.6) is 11.5 Å². The molecule has 0 aromatic heterocycles. The molecule has 5 rings (SSSR count). The Bertz CT molecular complexity index is 1440. The predicted octanol–water partition coefficient (Wildman–Crippen LogP) is 6.70. The summed E-state index contributed by atoms with van der Waals surface area (Å²) >= 11 is 12.5. The Morgan fingerprint density at radius 1 is 0.909 bits per heavy atom. The third-order valence-corrected chi connectivity index (χ3v) is 8.73. The summed E-state index contributed by atoms with van der Waals surface area (Å²) in [6, 6.07) is 17.0. The summed E-state index contributed by atoms with van der Waals surface area (Å²) in [6.45, 7) is 8.56. The molecule has 0 spiro atoms. The normalized spacial score (nSPS) is 17.8. The molecule has 1 aliphatic carbocycles. The topological polar surface area (TPSA) is 79.9 Å². The zero-order valence-electron chi connectivity index (χ0n) is 25.3. The molecule has 3 aromatic rings. The lowest BCUT2D eigenvalue weighted by atomic mass is 9.91. The SMILES string of the molecule is Cc1cc(Cl)c(OCCOc2ccc(C(=O)N[C@@H]3CCNCC3C(=O)N(Cc3ccc(C)c(C)c3)C3CC3)cc2)c(Cl)c1.Cl. The van der Waals surface area contributed by atoms with Gasteiger partial charge < -0.3 is 25.0 Å². The van der Waals surface area contributed by atoms with Crippen molar-refractivity contribution in [3.05, 3.63) is 92.5 Å². The number of aryl methyl sites for hydroxylation is 3. The van der Waals surface area contributed by atoms with Crippen LogP contribution in [0.2, 0.25) is 10.0 Å². The highest BCUT2D eigenvalue weighted by atomic mass is 35.5. The van der Waals surface area contributed by atoms with E-state index in [0.717, 1.165) is 30.5 Å². The van der Waals surface area contributed by atoms with E-state index in [1.807, 2.05) is 11.8 Å². The number of hydrogen-bond acceptors (Lipinski definition) is 5. The number of piperidine rings is 1. The van der Waals surface area contributed by atoms with E-state index in [2.05, 4.69) is 42.7 Å². The zero-order chi connectivity index (χ0) is 30.5. The number of nitrogens with one attached hydrogen (secondary N) is 2. The van der Waals surface area contributed by atoms with Crippen molar-refractivity contribution in [2.24, 2.45) is 5.92 Å². The van der Waals surface area contributed by atoms with Crippen LogP contribution in [0.3, 0.4) is 0 Å². The molecular weight excluding hydrogens is 621 g/mol. The first kappa shape index (κ1) is 33.9. The molecular formula is C34H40Cl3N3O4. The van der Waals surface area contributed by atoms with E-state index in [1.54, 1.807) is 36.4 Å². The van der Waals surface area contributed by atoms with Crippen LogP contribution in [-0.2, 0) is 11.3 Å². The number of carbonyl (C=O) groups excluding carboxylic acids is 2. The Kier molecular flexibility index (Phi) is 11.8. The minimum absolute atomic E-state index is 0. The first-order chi connectivity index (χ1) is 20.7. The smallest absolute Gasteiger partial charge is 0.251 e. The minimum Gasteiger partial charge on any atom is -0.490 e. The minimum atomic E-state index is -0.317. The van der Waals surface area contributed by atoms with Gasteiger partial charge in [0.2, 0.25) is 5.91 Å². The van der Waals surface area contributed by atoms with E-state index < -0.39 is 0 Å². The van der Waals surface area contributed by atoms with Gasteiger partial charge in [0.25, 0.3) is 5.91 Å². The first-order valence-corrected chi connectivity index (χ1v) is 15.6. The number of amides is 2. The van der Waals surface area contributed by atoms with Crippen molar-refractivity contribution in [1.82, 2.24) is 15.5 Å². The van der Waals surface area contributed by atoms with E-state index in [4.69, 9.17) is 32.7 Å². The number of benzene rings is 3. The fourth-order valence-electron chi connectivity index (χ4n) is 5.46. The summed E-state index contributed by atoms with van der Waals surface area (Å²) in [5, 5.41) is 7.43. The van der Waals surface area contributed by atoms with Crippen molar-refractivity contribution in [1.29, 1.82) is 0 Å². The molecule has 10 heteroatoms. The maximum absolute atomic E-state index is 13.9. The van der Waals surface area contributed by atoms with Gasteiger partial charge >= 0.3 is 0 Å². The van der Waals surface area contributed by atoms with Gasteiger partial charge in [-0.25, -0.2) is 0 Å². The van der Waals surface area contributed by atoms with Crippen molar-refractivity contribution in [3.8, 4) is 11.5 Å². The zero-order valence-corrected chi connectivity index (χ0v) is 27.7. The van der Waals surface area contributed by atoms with E-state index >= 15 is 0 Å². The molecule has 1 saturated carbocycles. The van der Waals surface area contributed by atoms with Crippen LogP contribution in [0, 0.1) is 26.7 Å². The summed E-state index contributed by atoms with van der Waals surface area (Å²) in [6.07, 6.45) is 2.75. The lowest BCUT2D eigenvalue weighted by Gasteiger charge is -2.36. The fraction of sp³-hybridized carbons (Fsp3) is 0.412. The number of halogens is 3. The highest BCUT2D eigenvalue weighted by Crippen LogP contribution is 2.34. The maximum atomic E-state index is 13.9. The van der Waals surface area contributed by atoms with Gasteiger partial charge in [-0.3, -0.25) is 9.59 Å². The Labute approximate surface area is 276 Å². The van der Waals surface area contributed by atoms with Crippen LogP contribution in [-0.4, -0.2) is 55.1 Å². The molecule has 2 fully saturated rings. The average Bonchev–Trinajstić information content (AvgIpc) is 3.82. The largest absolute Gasteiger partial charge is 0.490 e. The quantitative estimate of drug-likeness (QED) is 0.224. The molecule has 3 aromatic carbocycles. The van der Waals surface area contributed by atoms with Gasteiger partial charge in [-0.1, -0.05) is 41.4 Å². The van der Waals surface area contributed by atoms with Crippen molar-refractivity contribution in [2.45, 2.75) is 58.7 Å². The molecule has 2 amide bonds. The summed E-state index contributed by atoms with van der Waals surface area (Å²) < 4.78 is 11.5. The summed E-state index contributed by atoms with van der Waals surface area (Å²) in [5.41, 5.74) is 5.09. The van der Waals surface area contributed by atoms with Crippen molar-refractivity contribution < 1.29 is 19.1 Å². The van der Waals surface area contributed by atoms with Crippen LogP contribution in [0.4, 0.5) is 0 Å². The van der Waals surface area contributed by atoms with Crippen molar-refractivity contribution >= 4 is 47.4 Å². The molecule has 7 nitrogen and oxygen atoms in total. The first-order valence-electron chi connectivity index (χ1n) is 14.9. The Hall–Kier alpha value is -2.97. The Balaban J connectivity index is 0.00000442. The van der Waals surface area contributed by atoms with Gasteiger partial charge in [0.05, 0.1) is 16.0 Å². The molecule has 1 unspecified atom stereocenters. The highest BCUT2D eigenvalue weighted by molar-refractivity contribution is 6.37. The molecule has 2 N–H and O–H groups in total. The van der Waals surface area contributed by atoms with Gasteiger partial charge in [-0.05, 0) is 105 Å². The second kappa shape index (κ2) is 15.3. The molecule has 1 heterocycles. The molecule has 2 atom stereocenters. The molecule has 0 radical (unpaired) electrons. The van der Waals surface area contributed by atoms with Crippen LogP contribution in [0.15, 0.2) is 54.6 Å². The second-order valence-electron chi connectivity index (χ2n) is 11.6. The Morgan fingerprint density at radius 2 is 1.59 bits per heavy atom. The summed E-state index contributed by atoms with van der Waals surface area (Å²) in [4.78, 5) is 29.1. The van der Waals surface area contributed by atoms with Gasteiger partial charge in [0.15, 0.2) is 5.75 Å². The van der Waals surface area contributed by atoms with Crippen LogP contribution in [0.1, 0.15) is 51.9 Å². The third-order valence-electron chi connectivity index (χ3n) is 8.17. The lowest BCUT2D eigenvalue weighted by Crippen LogP contribution is -2.55. The molecule has 1 aliphatic heterocycles. The van der Waals surface area contributed by atoms with E-state index in [9.17, 15) is 9.59 Å². The standard InChI is InChI=1S/C34H39Cl2N3O4.ClH/c1-21-16-29(35)32(30(36)17-21)43-15-14-42-27-10-6-25(7-11-27)33(40)38-31-12-13-37-19-28(31)34(41)39(26-8-9-26)20-24-5-4-22(2)23(3)18-24;/h4-7,10-11,16-18,26,28,31,37H,8-9,12-15,19-20H2,1-3H3,(H,38,40);1H/t28?,31-;/m1./s1. The highest BCUT2D eigenvalue weighted by Gasteiger charge is 2.40. The molecule has 44 heavy (non-hydrogen) atoms. The number of nitrogens with zero attached hydrogens (tertiary/aromatic N) is 1. The van der Waals surface area contributed by atoms with Gasteiger partial charge in [0.1, 0.15) is 19.0 Å². The monoisotopic (exact) mass is 659 g/mol. The van der Waals surface area contributed by atoms with Crippen LogP contribution >= 0.6 is 35.6 Å². The van der Waals surface area contributed by atoms with Crippen molar-refractivity contribution in [3.63, 3.8) is 0 Å². The Morgan fingerprint density at radius 3 is 2.25 bits per heavy atom. The van der Waals surface area contributed by atoms with Gasteiger partial charge in [-0.15, -0.1) is 12.4 Å². The van der Waals surface area contributed by atoms with Crippen LogP contribution < -0.4 is 20.1 Å². The number of hydrogen-bond donors (Lipinski definition) is 2. The lowest BCUT2D eigenvalue weighted by molar-refractivity contribution is -0.138. The number of rotatable bonds is 11.